The van der Waals surface area contributed by atoms with Gasteiger partial charge in [0.15, 0.2) is 10.9 Å². The zero-order valence-corrected chi connectivity index (χ0v) is 15.2. The van der Waals surface area contributed by atoms with Crippen LogP contribution in [0.5, 0.6) is 0 Å². The Labute approximate surface area is 147 Å². The molecule has 0 amide bonds. The number of imidazole rings is 1. The largest absolute Gasteiger partial charge is 0.354 e. The molecule has 5 nitrogen and oxygen atoms in total. The standard InChI is InChI=1S/C18H27N5S/c1-19-17(20-11-16-12-23-8-9-24-18(23)22-16)21-15-7-6-13-4-2-3-5-14(13)10-15/h8-9,12-15H,2-7,10-11H2,1H3,(H2,19,20,21). The molecule has 2 aromatic rings. The van der Waals surface area contributed by atoms with Gasteiger partial charge in [0.05, 0.1) is 12.2 Å². The summed E-state index contributed by atoms with van der Waals surface area (Å²) in [5.41, 5.74) is 1.06. The molecule has 2 heterocycles. The molecular weight excluding hydrogens is 318 g/mol. The van der Waals surface area contributed by atoms with E-state index in [0.29, 0.717) is 12.6 Å². The number of rotatable bonds is 3. The van der Waals surface area contributed by atoms with Gasteiger partial charge in [-0.15, -0.1) is 11.3 Å². The van der Waals surface area contributed by atoms with Crippen LogP contribution in [0.25, 0.3) is 4.96 Å². The monoisotopic (exact) mass is 345 g/mol. The second-order valence-corrected chi connectivity index (χ2v) is 8.08. The Balaban J connectivity index is 1.30. The molecule has 24 heavy (non-hydrogen) atoms. The maximum Gasteiger partial charge on any atom is 0.193 e. The lowest BCUT2D eigenvalue weighted by Crippen LogP contribution is -2.46. The van der Waals surface area contributed by atoms with Crippen LogP contribution >= 0.6 is 11.3 Å². The first-order valence-corrected chi connectivity index (χ1v) is 10.1. The third kappa shape index (κ3) is 3.43. The summed E-state index contributed by atoms with van der Waals surface area (Å²) in [6.07, 6.45) is 13.9. The lowest BCUT2D eigenvalue weighted by atomic mass is 9.69. The third-order valence-corrected chi connectivity index (χ3v) is 6.45. The zero-order chi connectivity index (χ0) is 16.4. The van der Waals surface area contributed by atoms with Gasteiger partial charge in [-0.05, 0) is 31.1 Å². The highest BCUT2D eigenvalue weighted by Gasteiger charge is 2.32. The highest BCUT2D eigenvalue weighted by molar-refractivity contribution is 7.15. The van der Waals surface area contributed by atoms with Crippen molar-refractivity contribution in [2.45, 2.75) is 57.5 Å². The summed E-state index contributed by atoms with van der Waals surface area (Å²) in [4.78, 5) is 10.1. The summed E-state index contributed by atoms with van der Waals surface area (Å²) < 4.78 is 2.07. The van der Waals surface area contributed by atoms with Crippen LogP contribution in [-0.4, -0.2) is 28.4 Å². The van der Waals surface area contributed by atoms with Gasteiger partial charge in [-0.2, -0.15) is 0 Å². The van der Waals surface area contributed by atoms with Crippen molar-refractivity contribution >= 4 is 22.3 Å². The van der Waals surface area contributed by atoms with Crippen molar-refractivity contribution < 1.29 is 0 Å². The van der Waals surface area contributed by atoms with Crippen LogP contribution < -0.4 is 10.6 Å². The summed E-state index contributed by atoms with van der Waals surface area (Å²) in [5.74, 6) is 2.83. The fourth-order valence-corrected chi connectivity index (χ4v) is 5.15. The minimum Gasteiger partial charge on any atom is -0.354 e. The number of hydrogen-bond acceptors (Lipinski definition) is 3. The van der Waals surface area contributed by atoms with Gasteiger partial charge in [0, 0.05) is 30.9 Å². The van der Waals surface area contributed by atoms with Crippen LogP contribution in [0, 0.1) is 11.8 Å². The van der Waals surface area contributed by atoms with Gasteiger partial charge in [-0.25, -0.2) is 4.98 Å². The van der Waals surface area contributed by atoms with Gasteiger partial charge in [-0.1, -0.05) is 25.7 Å². The number of nitrogens with zero attached hydrogens (tertiary/aromatic N) is 3. The van der Waals surface area contributed by atoms with Gasteiger partial charge in [0.2, 0.25) is 0 Å². The summed E-state index contributed by atoms with van der Waals surface area (Å²) >= 11 is 1.67. The van der Waals surface area contributed by atoms with E-state index in [0.717, 1.165) is 28.5 Å². The Kier molecular flexibility index (Phi) is 4.74. The molecule has 2 N–H and O–H groups in total. The van der Waals surface area contributed by atoms with E-state index >= 15 is 0 Å². The van der Waals surface area contributed by atoms with E-state index < -0.39 is 0 Å². The predicted octanol–water partition coefficient (Wildman–Crippen LogP) is 3.42. The molecule has 3 atom stereocenters. The molecule has 0 saturated heterocycles. The van der Waals surface area contributed by atoms with E-state index in [-0.39, 0.29) is 0 Å². The number of guanidine groups is 1. The first-order valence-electron chi connectivity index (χ1n) is 9.20. The first-order chi connectivity index (χ1) is 11.8. The zero-order valence-electron chi connectivity index (χ0n) is 14.4. The molecule has 0 radical (unpaired) electrons. The molecule has 2 aromatic heterocycles. The molecule has 3 unspecified atom stereocenters. The molecule has 0 aromatic carbocycles. The van der Waals surface area contributed by atoms with Crippen molar-refractivity contribution in [3.8, 4) is 0 Å². The molecule has 0 aliphatic heterocycles. The van der Waals surface area contributed by atoms with E-state index in [4.69, 9.17) is 0 Å². The number of nitrogens with one attached hydrogen (secondary N) is 2. The van der Waals surface area contributed by atoms with Gasteiger partial charge in [0.1, 0.15) is 0 Å². The Hall–Kier alpha value is -1.56. The topological polar surface area (TPSA) is 53.7 Å². The highest BCUT2D eigenvalue weighted by Crippen LogP contribution is 2.40. The van der Waals surface area contributed by atoms with E-state index in [9.17, 15) is 0 Å². The maximum absolute atomic E-state index is 4.62. The van der Waals surface area contributed by atoms with Crippen LogP contribution in [0.3, 0.4) is 0 Å². The fraction of sp³-hybridized carbons (Fsp3) is 0.667. The maximum atomic E-state index is 4.62. The molecule has 4 rings (SSSR count). The number of thiazole rings is 1. The average Bonchev–Trinajstić information content (AvgIpc) is 3.20. The Morgan fingerprint density at radius 3 is 3.00 bits per heavy atom. The number of hydrogen-bond donors (Lipinski definition) is 2. The summed E-state index contributed by atoms with van der Waals surface area (Å²) in [7, 11) is 1.85. The van der Waals surface area contributed by atoms with Crippen LogP contribution in [0.15, 0.2) is 22.8 Å². The number of aliphatic imine (C=N–C) groups is 1. The van der Waals surface area contributed by atoms with Crippen LogP contribution in [0.4, 0.5) is 0 Å². The smallest absolute Gasteiger partial charge is 0.193 e. The average molecular weight is 346 g/mol. The van der Waals surface area contributed by atoms with Crippen molar-refractivity contribution in [2.75, 3.05) is 7.05 Å². The normalized spacial score (nSPS) is 27.9. The Bertz CT molecular complexity index is 675. The van der Waals surface area contributed by atoms with Gasteiger partial charge in [0.25, 0.3) is 0 Å². The molecule has 2 fully saturated rings. The second kappa shape index (κ2) is 7.13. The van der Waals surface area contributed by atoms with Crippen molar-refractivity contribution in [3.05, 3.63) is 23.5 Å². The molecule has 0 bridgehead atoms. The van der Waals surface area contributed by atoms with E-state index in [1.165, 1.54) is 44.9 Å². The van der Waals surface area contributed by atoms with Crippen LogP contribution in [0.2, 0.25) is 0 Å². The van der Waals surface area contributed by atoms with E-state index in [1.54, 1.807) is 11.3 Å². The van der Waals surface area contributed by atoms with Gasteiger partial charge >= 0.3 is 0 Å². The minimum atomic E-state index is 0.570. The molecular formula is C18H27N5S. The van der Waals surface area contributed by atoms with Crippen molar-refractivity contribution in [2.24, 2.45) is 16.8 Å². The summed E-state index contributed by atoms with van der Waals surface area (Å²) in [6, 6.07) is 0.570. The molecule has 0 spiro atoms. The van der Waals surface area contributed by atoms with Crippen molar-refractivity contribution in [1.29, 1.82) is 0 Å². The van der Waals surface area contributed by atoms with Gasteiger partial charge < -0.3 is 10.6 Å². The van der Waals surface area contributed by atoms with E-state index in [1.807, 2.05) is 13.2 Å². The second-order valence-electron chi connectivity index (χ2n) is 7.21. The van der Waals surface area contributed by atoms with Crippen LogP contribution in [-0.2, 0) is 6.54 Å². The lowest BCUT2D eigenvalue weighted by Gasteiger charge is -2.39. The van der Waals surface area contributed by atoms with Crippen molar-refractivity contribution in [1.82, 2.24) is 20.0 Å². The molecule has 130 valence electrons. The van der Waals surface area contributed by atoms with Gasteiger partial charge in [-0.3, -0.25) is 9.39 Å². The first kappa shape index (κ1) is 15.9. The molecule has 2 aliphatic rings. The van der Waals surface area contributed by atoms with Crippen molar-refractivity contribution in [3.63, 3.8) is 0 Å². The predicted molar refractivity (Wildman–Crippen MR) is 99.5 cm³/mol. The quantitative estimate of drug-likeness (QED) is 0.662. The summed E-state index contributed by atoms with van der Waals surface area (Å²) in [5, 5.41) is 9.12. The number of fused-ring (bicyclic) bond motifs is 2. The SMILES string of the molecule is CN=C(NCc1cn2ccsc2n1)NC1CCC2CCCCC2C1. The fourth-order valence-electron chi connectivity index (χ4n) is 4.43. The molecule has 2 saturated carbocycles. The molecule has 6 heteroatoms. The minimum absolute atomic E-state index is 0.570. The Morgan fingerprint density at radius 2 is 2.17 bits per heavy atom. The molecule has 2 aliphatic carbocycles. The third-order valence-electron chi connectivity index (χ3n) is 5.68. The Morgan fingerprint density at radius 1 is 1.29 bits per heavy atom. The van der Waals surface area contributed by atoms with E-state index in [2.05, 4.69) is 36.6 Å². The summed E-state index contributed by atoms with van der Waals surface area (Å²) in [6.45, 7) is 0.715. The number of aromatic nitrogens is 2. The van der Waals surface area contributed by atoms with Crippen LogP contribution in [0.1, 0.15) is 50.6 Å². The lowest BCUT2D eigenvalue weighted by molar-refractivity contribution is 0.150. The highest BCUT2D eigenvalue weighted by atomic mass is 32.1.